The second-order valence-corrected chi connectivity index (χ2v) is 13.8. The maximum atomic E-state index is 2.45. The third-order valence-corrected chi connectivity index (χ3v) is 10.6. The van der Waals surface area contributed by atoms with Crippen molar-refractivity contribution in [3.8, 4) is 27.9 Å². The topological polar surface area (TPSA) is 8.17 Å². The maximum Gasteiger partial charge on any atom is 0.0547 e. The summed E-state index contributed by atoms with van der Waals surface area (Å²) in [4.78, 5) is 2.45. The summed E-state index contributed by atoms with van der Waals surface area (Å²) in [6.45, 7) is 2.23. The first-order valence-electron chi connectivity index (χ1n) is 18.3. The van der Waals surface area contributed by atoms with E-state index >= 15 is 0 Å². The molecule has 0 aliphatic rings. The molecule has 0 fully saturated rings. The molecule has 10 aromatic rings. The highest BCUT2D eigenvalue weighted by atomic mass is 15.1. The van der Waals surface area contributed by atoms with Crippen molar-refractivity contribution in [1.29, 1.82) is 0 Å². The van der Waals surface area contributed by atoms with Crippen molar-refractivity contribution in [2.75, 3.05) is 4.90 Å². The molecule has 0 amide bonds. The lowest BCUT2D eigenvalue weighted by Crippen LogP contribution is -2.12. The molecule has 0 aliphatic heterocycles. The standard InChI is InChI=1S/C51H36N2/c1-35-30-37-18-8-10-20-39(37)33-49(35)53(47-28-13-12-26-44(47)36-16-4-2-5-17-36)43-25-14-22-41(31-43)45-27-15-29-48-51(45)46-32-38-19-9-11-21-40(38)34-50(46)52(48)42-23-6-3-7-24-42/h2-34H,1H3. The van der Waals surface area contributed by atoms with Crippen LogP contribution in [-0.2, 0) is 0 Å². The van der Waals surface area contributed by atoms with Gasteiger partial charge in [0.05, 0.1) is 16.7 Å². The predicted octanol–water partition coefficient (Wildman–Crippen LogP) is 14.2. The molecule has 10 rings (SSSR count). The van der Waals surface area contributed by atoms with Crippen LogP contribution < -0.4 is 4.90 Å². The Hall–Kier alpha value is -6.90. The number of para-hydroxylation sites is 2. The molecule has 0 atom stereocenters. The number of benzene rings is 9. The van der Waals surface area contributed by atoms with E-state index in [0.29, 0.717) is 0 Å². The Bertz CT molecular complexity index is 2960. The predicted molar refractivity (Wildman–Crippen MR) is 226 cm³/mol. The summed E-state index contributed by atoms with van der Waals surface area (Å²) in [5, 5.41) is 7.45. The first-order chi connectivity index (χ1) is 26.2. The van der Waals surface area contributed by atoms with Gasteiger partial charge in [-0.15, -0.1) is 0 Å². The van der Waals surface area contributed by atoms with Crippen molar-refractivity contribution in [3.05, 3.63) is 206 Å². The van der Waals surface area contributed by atoms with Gasteiger partial charge in [-0.25, -0.2) is 0 Å². The zero-order chi connectivity index (χ0) is 35.3. The molecule has 1 heterocycles. The smallest absolute Gasteiger partial charge is 0.0547 e. The fourth-order valence-electron chi connectivity index (χ4n) is 8.18. The van der Waals surface area contributed by atoms with Crippen molar-refractivity contribution in [1.82, 2.24) is 4.57 Å². The van der Waals surface area contributed by atoms with Crippen molar-refractivity contribution < 1.29 is 0 Å². The van der Waals surface area contributed by atoms with Gasteiger partial charge in [-0.3, -0.25) is 0 Å². The van der Waals surface area contributed by atoms with Crippen molar-refractivity contribution >= 4 is 60.4 Å². The zero-order valence-electron chi connectivity index (χ0n) is 29.4. The summed E-state index contributed by atoms with van der Waals surface area (Å²) in [5.41, 5.74) is 13.0. The van der Waals surface area contributed by atoms with Crippen LogP contribution in [0.5, 0.6) is 0 Å². The van der Waals surface area contributed by atoms with E-state index < -0.39 is 0 Å². The van der Waals surface area contributed by atoms with Crippen LogP contribution in [0.4, 0.5) is 17.1 Å². The molecule has 53 heavy (non-hydrogen) atoms. The van der Waals surface area contributed by atoms with Crippen LogP contribution in [0.3, 0.4) is 0 Å². The summed E-state index contributed by atoms with van der Waals surface area (Å²) >= 11 is 0. The van der Waals surface area contributed by atoms with E-state index in [-0.39, 0.29) is 0 Å². The van der Waals surface area contributed by atoms with E-state index in [1.807, 2.05) is 0 Å². The molecule has 0 spiro atoms. The maximum absolute atomic E-state index is 2.45. The van der Waals surface area contributed by atoms with E-state index in [9.17, 15) is 0 Å². The number of nitrogens with zero attached hydrogens (tertiary/aromatic N) is 2. The molecule has 9 aromatic carbocycles. The third kappa shape index (κ3) is 5.27. The van der Waals surface area contributed by atoms with Gasteiger partial charge in [0.1, 0.15) is 0 Å². The Balaban J connectivity index is 1.24. The number of aromatic nitrogens is 1. The molecule has 2 nitrogen and oxygen atoms in total. The summed E-state index contributed by atoms with van der Waals surface area (Å²) in [6.07, 6.45) is 0. The average molecular weight is 677 g/mol. The minimum Gasteiger partial charge on any atom is -0.310 e. The van der Waals surface area contributed by atoms with Gasteiger partial charge in [0, 0.05) is 33.4 Å². The second kappa shape index (κ2) is 12.7. The molecular formula is C51H36N2. The number of anilines is 3. The Morgan fingerprint density at radius 3 is 1.75 bits per heavy atom. The van der Waals surface area contributed by atoms with Crippen LogP contribution in [-0.4, -0.2) is 4.57 Å². The SMILES string of the molecule is Cc1cc2ccccc2cc1N(c1cccc(-c2cccc3c2c2cc4ccccc4cc2n3-c2ccccc2)c1)c1ccccc1-c1ccccc1. The van der Waals surface area contributed by atoms with Gasteiger partial charge in [-0.1, -0.05) is 140 Å². The van der Waals surface area contributed by atoms with Crippen molar-refractivity contribution in [3.63, 3.8) is 0 Å². The minimum absolute atomic E-state index is 1.11. The first kappa shape index (κ1) is 30.9. The lowest BCUT2D eigenvalue weighted by atomic mass is 9.96. The summed E-state index contributed by atoms with van der Waals surface area (Å²) in [6, 6.07) is 72.8. The number of hydrogen-bond donors (Lipinski definition) is 0. The number of aryl methyl sites for hydroxylation is 1. The fraction of sp³-hybridized carbons (Fsp3) is 0.0196. The lowest BCUT2D eigenvalue weighted by molar-refractivity contribution is 1.18. The van der Waals surface area contributed by atoms with Crippen molar-refractivity contribution in [2.24, 2.45) is 0 Å². The van der Waals surface area contributed by atoms with Gasteiger partial charge < -0.3 is 9.47 Å². The highest BCUT2D eigenvalue weighted by Crippen LogP contribution is 2.45. The molecular weight excluding hydrogens is 641 g/mol. The summed E-state index contributed by atoms with van der Waals surface area (Å²) < 4.78 is 2.42. The normalized spacial score (nSPS) is 11.5. The third-order valence-electron chi connectivity index (χ3n) is 10.6. The van der Waals surface area contributed by atoms with E-state index in [1.165, 1.54) is 71.2 Å². The molecule has 0 unspecified atom stereocenters. The Morgan fingerprint density at radius 1 is 0.396 bits per heavy atom. The van der Waals surface area contributed by atoms with Gasteiger partial charge in [-0.05, 0) is 111 Å². The molecule has 0 bridgehead atoms. The molecule has 250 valence electrons. The molecule has 0 radical (unpaired) electrons. The quantitative estimate of drug-likeness (QED) is 0.170. The fourth-order valence-corrected chi connectivity index (χ4v) is 8.18. The monoisotopic (exact) mass is 676 g/mol. The van der Waals surface area contributed by atoms with Crippen LogP contribution >= 0.6 is 0 Å². The number of fused-ring (bicyclic) bond motifs is 5. The number of hydrogen-bond acceptors (Lipinski definition) is 1. The molecule has 0 N–H and O–H groups in total. The molecule has 0 saturated heterocycles. The Morgan fingerprint density at radius 2 is 0.981 bits per heavy atom. The highest BCUT2D eigenvalue weighted by molar-refractivity contribution is 6.18. The average Bonchev–Trinajstić information content (AvgIpc) is 3.54. The largest absolute Gasteiger partial charge is 0.310 e. The highest BCUT2D eigenvalue weighted by Gasteiger charge is 2.21. The van der Waals surface area contributed by atoms with Crippen LogP contribution in [0.25, 0.3) is 71.3 Å². The zero-order valence-corrected chi connectivity index (χ0v) is 29.4. The summed E-state index contributed by atoms with van der Waals surface area (Å²) in [7, 11) is 0. The Kier molecular flexibility index (Phi) is 7.40. The van der Waals surface area contributed by atoms with Gasteiger partial charge in [0.25, 0.3) is 0 Å². The van der Waals surface area contributed by atoms with E-state index in [1.54, 1.807) is 0 Å². The lowest BCUT2D eigenvalue weighted by Gasteiger charge is -2.30. The summed E-state index contributed by atoms with van der Waals surface area (Å²) in [5.74, 6) is 0. The molecule has 1 aromatic heterocycles. The second-order valence-electron chi connectivity index (χ2n) is 13.8. The van der Waals surface area contributed by atoms with E-state index in [4.69, 9.17) is 0 Å². The first-order valence-corrected chi connectivity index (χ1v) is 18.3. The van der Waals surface area contributed by atoms with E-state index in [2.05, 4.69) is 217 Å². The van der Waals surface area contributed by atoms with Gasteiger partial charge in [0.2, 0.25) is 0 Å². The number of rotatable bonds is 6. The van der Waals surface area contributed by atoms with Crippen LogP contribution in [0.1, 0.15) is 5.56 Å². The van der Waals surface area contributed by atoms with Crippen LogP contribution in [0, 0.1) is 6.92 Å². The molecule has 2 heteroatoms. The van der Waals surface area contributed by atoms with Crippen LogP contribution in [0.15, 0.2) is 200 Å². The Labute approximate surface area is 309 Å². The van der Waals surface area contributed by atoms with Gasteiger partial charge in [0.15, 0.2) is 0 Å². The van der Waals surface area contributed by atoms with Gasteiger partial charge >= 0.3 is 0 Å². The minimum atomic E-state index is 1.11. The van der Waals surface area contributed by atoms with E-state index in [0.717, 1.165) is 22.7 Å². The molecule has 0 saturated carbocycles. The van der Waals surface area contributed by atoms with Crippen molar-refractivity contribution in [2.45, 2.75) is 6.92 Å². The molecule has 0 aliphatic carbocycles. The van der Waals surface area contributed by atoms with Crippen LogP contribution in [0.2, 0.25) is 0 Å². The van der Waals surface area contributed by atoms with Gasteiger partial charge in [-0.2, -0.15) is 0 Å².